The summed E-state index contributed by atoms with van der Waals surface area (Å²) in [7, 11) is -3.69. The van der Waals surface area contributed by atoms with Crippen molar-refractivity contribution in [2.45, 2.75) is 25.2 Å². The van der Waals surface area contributed by atoms with Crippen molar-refractivity contribution in [1.82, 2.24) is 9.62 Å². The van der Waals surface area contributed by atoms with Crippen molar-refractivity contribution in [1.29, 1.82) is 5.26 Å². The van der Waals surface area contributed by atoms with Crippen LogP contribution in [0.4, 0.5) is 0 Å². The zero-order valence-corrected chi connectivity index (χ0v) is 13.8. The van der Waals surface area contributed by atoms with Gasteiger partial charge in [-0.1, -0.05) is 25.4 Å². The topological polar surface area (TPSA) is 73.2 Å². The second-order valence-corrected chi connectivity index (χ2v) is 6.68. The number of sulfonamides is 1. The Balaban J connectivity index is 2.68. The van der Waals surface area contributed by atoms with Crippen LogP contribution in [-0.2, 0) is 10.0 Å². The van der Waals surface area contributed by atoms with Gasteiger partial charge in [0.15, 0.2) is 0 Å². The van der Waals surface area contributed by atoms with Crippen LogP contribution in [0.1, 0.15) is 25.8 Å². The summed E-state index contributed by atoms with van der Waals surface area (Å²) < 4.78 is 26.9. The Hall–Kier alpha value is -1.13. The summed E-state index contributed by atoms with van der Waals surface area (Å²) >= 11 is 5.91. The summed E-state index contributed by atoms with van der Waals surface area (Å²) in [4.78, 5) is 2.17. The Morgan fingerprint density at radius 1 is 1.33 bits per heavy atom. The smallest absolute Gasteiger partial charge is 0.242 e. The predicted molar refractivity (Wildman–Crippen MR) is 83.8 cm³/mol. The van der Waals surface area contributed by atoms with E-state index in [-0.39, 0.29) is 15.5 Å². The number of nitrogens with one attached hydrogen (secondary N) is 1. The third kappa shape index (κ3) is 5.29. The molecule has 116 valence electrons. The quantitative estimate of drug-likeness (QED) is 0.742. The molecular formula is C14H20ClN3O2S. The van der Waals surface area contributed by atoms with Crippen LogP contribution in [0.15, 0.2) is 23.1 Å². The maximum atomic E-state index is 12.2. The molecule has 0 aromatic heterocycles. The third-order valence-corrected chi connectivity index (χ3v) is 5.13. The first kappa shape index (κ1) is 17.9. The second kappa shape index (κ2) is 8.35. The van der Waals surface area contributed by atoms with Crippen molar-refractivity contribution in [2.24, 2.45) is 0 Å². The molecule has 0 saturated heterocycles. The molecule has 21 heavy (non-hydrogen) atoms. The van der Waals surface area contributed by atoms with Crippen LogP contribution < -0.4 is 4.72 Å². The highest BCUT2D eigenvalue weighted by molar-refractivity contribution is 7.89. The highest BCUT2D eigenvalue weighted by Gasteiger charge is 2.18. The first-order chi connectivity index (χ1) is 9.94. The Bertz CT molecular complexity index is 607. The number of hydrogen-bond acceptors (Lipinski definition) is 4. The summed E-state index contributed by atoms with van der Waals surface area (Å²) in [6.07, 6.45) is 0.719. The highest BCUT2D eigenvalue weighted by atomic mass is 35.5. The number of halogens is 1. The van der Waals surface area contributed by atoms with E-state index in [2.05, 4.69) is 23.5 Å². The van der Waals surface area contributed by atoms with Gasteiger partial charge < -0.3 is 4.90 Å². The van der Waals surface area contributed by atoms with E-state index in [1.54, 1.807) is 0 Å². The molecule has 7 heteroatoms. The molecule has 0 amide bonds. The minimum absolute atomic E-state index is 0.0499. The van der Waals surface area contributed by atoms with Crippen molar-refractivity contribution < 1.29 is 8.42 Å². The Kier molecular flexibility index (Phi) is 7.12. The molecule has 0 aliphatic carbocycles. The second-order valence-electron chi connectivity index (χ2n) is 4.54. The number of nitriles is 1. The van der Waals surface area contributed by atoms with Crippen molar-refractivity contribution in [3.63, 3.8) is 0 Å². The molecule has 0 radical (unpaired) electrons. The van der Waals surface area contributed by atoms with Gasteiger partial charge in [0.1, 0.15) is 4.90 Å². The van der Waals surface area contributed by atoms with Gasteiger partial charge in [-0.3, -0.25) is 0 Å². The van der Waals surface area contributed by atoms with E-state index < -0.39 is 10.0 Å². The Morgan fingerprint density at radius 3 is 2.57 bits per heavy atom. The van der Waals surface area contributed by atoms with Crippen LogP contribution in [0, 0.1) is 11.3 Å². The van der Waals surface area contributed by atoms with Gasteiger partial charge >= 0.3 is 0 Å². The average molecular weight is 330 g/mol. The summed E-state index contributed by atoms with van der Waals surface area (Å²) in [6, 6.07) is 6.10. The molecule has 5 nitrogen and oxygen atoms in total. The minimum atomic E-state index is -3.69. The molecular weight excluding hydrogens is 310 g/mol. The van der Waals surface area contributed by atoms with E-state index >= 15 is 0 Å². The first-order valence-electron chi connectivity index (χ1n) is 6.86. The number of rotatable bonds is 8. The van der Waals surface area contributed by atoms with E-state index in [0.29, 0.717) is 6.54 Å². The summed E-state index contributed by atoms with van der Waals surface area (Å²) in [5.41, 5.74) is 0.267. The lowest BCUT2D eigenvalue weighted by Crippen LogP contribution is -2.30. The molecule has 0 fully saturated rings. The number of nitrogens with zero attached hydrogens (tertiary/aromatic N) is 2. The predicted octanol–water partition coefficient (Wildman–Crippen LogP) is 2.22. The van der Waals surface area contributed by atoms with Gasteiger partial charge in [0, 0.05) is 6.54 Å². The minimum Gasteiger partial charge on any atom is -0.304 e. The fraction of sp³-hybridized carbons (Fsp3) is 0.500. The van der Waals surface area contributed by atoms with Gasteiger partial charge in [-0.2, -0.15) is 5.26 Å². The maximum Gasteiger partial charge on any atom is 0.242 e. The Morgan fingerprint density at radius 2 is 2.00 bits per heavy atom. The third-order valence-electron chi connectivity index (χ3n) is 3.19. The largest absolute Gasteiger partial charge is 0.304 e. The molecule has 0 atom stereocenters. The lowest BCUT2D eigenvalue weighted by Gasteiger charge is -2.17. The number of hydrogen-bond donors (Lipinski definition) is 1. The van der Waals surface area contributed by atoms with Crippen LogP contribution >= 0.6 is 11.6 Å². The lowest BCUT2D eigenvalue weighted by molar-refractivity contribution is 0.300. The van der Waals surface area contributed by atoms with Gasteiger partial charge in [-0.05, 0) is 44.3 Å². The average Bonchev–Trinajstić information content (AvgIpc) is 2.47. The van der Waals surface area contributed by atoms with Crippen molar-refractivity contribution in [2.75, 3.05) is 26.2 Å². The van der Waals surface area contributed by atoms with Crippen LogP contribution in [0.3, 0.4) is 0 Å². The van der Waals surface area contributed by atoms with Crippen LogP contribution in [0.25, 0.3) is 0 Å². The molecule has 1 aromatic rings. The van der Waals surface area contributed by atoms with Gasteiger partial charge in [0.05, 0.1) is 16.7 Å². The van der Waals surface area contributed by atoms with Crippen molar-refractivity contribution in [3.05, 3.63) is 28.8 Å². The SMILES string of the molecule is CCN(CC)CCCNS(=O)(=O)c1cc(C#N)ccc1Cl. The van der Waals surface area contributed by atoms with Crippen molar-refractivity contribution >= 4 is 21.6 Å². The highest BCUT2D eigenvalue weighted by Crippen LogP contribution is 2.22. The van der Waals surface area contributed by atoms with Gasteiger partial charge in [-0.15, -0.1) is 0 Å². The summed E-state index contributed by atoms with van der Waals surface area (Å²) in [5, 5.41) is 8.95. The molecule has 0 aliphatic rings. The monoisotopic (exact) mass is 329 g/mol. The zero-order valence-electron chi connectivity index (χ0n) is 12.3. The molecule has 1 aromatic carbocycles. The standard InChI is InChI=1S/C14H20ClN3O2S/c1-3-18(4-2)9-5-8-17-21(19,20)14-10-12(11-16)6-7-13(14)15/h6-7,10,17H,3-5,8-9H2,1-2H3. The van der Waals surface area contributed by atoms with Gasteiger partial charge in [0.25, 0.3) is 0 Å². The molecule has 1 rings (SSSR count). The Labute approximate surface area is 131 Å². The van der Waals surface area contributed by atoms with E-state index in [1.165, 1.54) is 18.2 Å². The number of benzene rings is 1. The van der Waals surface area contributed by atoms with Crippen molar-refractivity contribution in [3.8, 4) is 6.07 Å². The molecule has 1 N–H and O–H groups in total. The van der Waals surface area contributed by atoms with E-state index in [1.807, 2.05) is 6.07 Å². The summed E-state index contributed by atoms with van der Waals surface area (Å²) in [5.74, 6) is 0. The van der Waals surface area contributed by atoms with Crippen LogP contribution in [-0.4, -0.2) is 39.5 Å². The maximum absolute atomic E-state index is 12.2. The van der Waals surface area contributed by atoms with E-state index in [0.717, 1.165) is 26.1 Å². The molecule has 0 saturated carbocycles. The molecule has 0 unspecified atom stereocenters. The molecule has 0 heterocycles. The van der Waals surface area contributed by atoms with Crippen LogP contribution in [0.5, 0.6) is 0 Å². The summed E-state index contributed by atoms with van der Waals surface area (Å²) in [6.45, 7) is 7.20. The normalized spacial score (nSPS) is 11.6. The molecule has 0 aliphatic heterocycles. The van der Waals surface area contributed by atoms with E-state index in [9.17, 15) is 8.42 Å². The zero-order chi connectivity index (χ0) is 15.9. The molecule has 0 bridgehead atoms. The van der Waals surface area contributed by atoms with Crippen LogP contribution in [0.2, 0.25) is 5.02 Å². The van der Waals surface area contributed by atoms with Gasteiger partial charge in [-0.25, -0.2) is 13.1 Å². The fourth-order valence-corrected chi connectivity index (χ4v) is 3.50. The first-order valence-corrected chi connectivity index (χ1v) is 8.72. The van der Waals surface area contributed by atoms with E-state index in [4.69, 9.17) is 16.9 Å². The fourth-order valence-electron chi connectivity index (χ4n) is 1.91. The van der Waals surface area contributed by atoms with Gasteiger partial charge in [0.2, 0.25) is 10.0 Å². The molecule has 0 spiro atoms. The lowest BCUT2D eigenvalue weighted by atomic mass is 10.2.